The number of amidine groups is 1. The SMILES string of the molecule is Cc1ccc(C(N)=NCl)o1. The Hall–Kier alpha value is -0.960. The molecule has 2 N–H and O–H groups in total. The zero-order valence-electron chi connectivity index (χ0n) is 5.47. The van der Waals surface area contributed by atoms with Crippen molar-refractivity contribution < 1.29 is 4.42 Å². The van der Waals surface area contributed by atoms with Crippen LogP contribution in [-0.4, -0.2) is 5.84 Å². The summed E-state index contributed by atoms with van der Waals surface area (Å²) in [6.07, 6.45) is 0. The van der Waals surface area contributed by atoms with Gasteiger partial charge in [0, 0.05) is 11.8 Å². The molecule has 0 radical (unpaired) electrons. The summed E-state index contributed by atoms with van der Waals surface area (Å²) in [5.41, 5.74) is 5.33. The maximum atomic E-state index is 5.33. The lowest BCUT2D eigenvalue weighted by Crippen LogP contribution is -2.10. The first kappa shape index (κ1) is 7.15. The lowest BCUT2D eigenvalue weighted by Gasteiger charge is -1.88. The number of nitrogens with two attached hydrogens (primary N) is 1. The number of furan rings is 1. The minimum absolute atomic E-state index is 0.203. The van der Waals surface area contributed by atoms with Gasteiger partial charge in [0.1, 0.15) is 5.76 Å². The molecule has 0 unspecified atom stereocenters. The first-order valence-electron chi connectivity index (χ1n) is 2.75. The van der Waals surface area contributed by atoms with Gasteiger partial charge in [0.15, 0.2) is 11.6 Å². The van der Waals surface area contributed by atoms with Crippen LogP contribution in [-0.2, 0) is 0 Å². The summed E-state index contributed by atoms with van der Waals surface area (Å²) in [5.74, 6) is 1.50. The van der Waals surface area contributed by atoms with E-state index < -0.39 is 0 Å². The van der Waals surface area contributed by atoms with E-state index in [0.29, 0.717) is 5.76 Å². The summed E-state index contributed by atoms with van der Waals surface area (Å²) in [5, 5.41) is 0. The molecule has 0 fully saturated rings. The van der Waals surface area contributed by atoms with Crippen LogP contribution in [0.15, 0.2) is 21.1 Å². The molecule has 0 spiro atoms. The maximum Gasteiger partial charge on any atom is 0.181 e. The van der Waals surface area contributed by atoms with Gasteiger partial charge in [-0.05, 0) is 19.1 Å². The maximum absolute atomic E-state index is 5.33. The summed E-state index contributed by atoms with van der Waals surface area (Å²) in [7, 11) is 0. The van der Waals surface area contributed by atoms with Gasteiger partial charge in [-0.15, -0.1) is 0 Å². The number of nitrogens with zero attached hydrogens (tertiary/aromatic N) is 1. The van der Waals surface area contributed by atoms with Gasteiger partial charge in [-0.3, -0.25) is 0 Å². The number of rotatable bonds is 1. The summed E-state index contributed by atoms with van der Waals surface area (Å²) >= 11 is 5.10. The fraction of sp³-hybridized carbons (Fsp3) is 0.167. The highest BCUT2D eigenvalue weighted by atomic mass is 35.5. The Labute approximate surface area is 63.6 Å². The van der Waals surface area contributed by atoms with Crippen LogP contribution in [0.1, 0.15) is 11.5 Å². The fourth-order valence-electron chi connectivity index (χ4n) is 0.614. The van der Waals surface area contributed by atoms with Crippen molar-refractivity contribution in [1.29, 1.82) is 0 Å². The molecule has 0 aromatic carbocycles. The standard InChI is InChI=1S/C6H7ClN2O/c1-4-2-3-5(10-4)6(8)9-7/h2-3H,1H3,(H2,8,9). The normalized spacial score (nSPS) is 12.0. The number of halogens is 1. The van der Waals surface area contributed by atoms with Gasteiger partial charge in [-0.1, -0.05) is 0 Å². The van der Waals surface area contributed by atoms with Gasteiger partial charge in [0.25, 0.3) is 0 Å². The van der Waals surface area contributed by atoms with Crippen LogP contribution in [0.5, 0.6) is 0 Å². The molecule has 1 rings (SSSR count). The van der Waals surface area contributed by atoms with Gasteiger partial charge in [-0.2, -0.15) is 4.51 Å². The lowest BCUT2D eigenvalue weighted by atomic mass is 10.4. The van der Waals surface area contributed by atoms with E-state index in [4.69, 9.17) is 21.9 Å². The second-order valence-corrected chi connectivity index (χ2v) is 2.05. The summed E-state index contributed by atoms with van der Waals surface area (Å²) in [6, 6.07) is 3.51. The molecule has 1 aromatic heterocycles. The van der Waals surface area contributed by atoms with E-state index in [-0.39, 0.29) is 5.84 Å². The van der Waals surface area contributed by atoms with Crippen molar-refractivity contribution in [3.05, 3.63) is 23.7 Å². The molecule has 0 saturated heterocycles. The number of hydrogen-bond donors (Lipinski definition) is 1. The molecule has 3 nitrogen and oxygen atoms in total. The second kappa shape index (κ2) is 2.75. The van der Waals surface area contributed by atoms with Crippen molar-refractivity contribution in [3.63, 3.8) is 0 Å². The predicted octanol–water partition coefficient (Wildman–Crippen LogP) is 1.45. The Morgan fingerprint density at radius 2 is 2.40 bits per heavy atom. The molecule has 0 aliphatic heterocycles. The van der Waals surface area contributed by atoms with Crippen LogP contribution < -0.4 is 5.73 Å². The molecular formula is C6H7ClN2O. The fourth-order valence-corrected chi connectivity index (χ4v) is 0.697. The first-order valence-corrected chi connectivity index (χ1v) is 3.09. The van der Waals surface area contributed by atoms with E-state index in [0.717, 1.165) is 5.76 Å². The molecule has 4 heteroatoms. The van der Waals surface area contributed by atoms with Crippen LogP contribution in [0, 0.1) is 6.92 Å². The zero-order chi connectivity index (χ0) is 7.56. The summed E-state index contributed by atoms with van der Waals surface area (Å²) in [6.45, 7) is 1.82. The van der Waals surface area contributed by atoms with E-state index in [9.17, 15) is 0 Å². The van der Waals surface area contributed by atoms with Crippen LogP contribution in [0.2, 0.25) is 0 Å². The highest BCUT2D eigenvalue weighted by molar-refractivity contribution is 6.21. The monoisotopic (exact) mass is 158 g/mol. The highest BCUT2D eigenvalue weighted by Gasteiger charge is 2.01. The Morgan fingerprint density at radius 3 is 2.80 bits per heavy atom. The highest BCUT2D eigenvalue weighted by Crippen LogP contribution is 2.05. The van der Waals surface area contributed by atoms with Gasteiger partial charge in [0.2, 0.25) is 0 Å². The Morgan fingerprint density at radius 1 is 1.70 bits per heavy atom. The number of hydrogen-bond acceptors (Lipinski definition) is 2. The topological polar surface area (TPSA) is 51.5 Å². The van der Waals surface area contributed by atoms with Crippen LogP contribution in [0.4, 0.5) is 0 Å². The largest absolute Gasteiger partial charge is 0.458 e. The van der Waals surface area contributed by atoms with Crippen LogP contribution >= 0.6 is 11.8 Å². The molecule has 54 valence electrons. The van der Waals surface area contributed by atoms with Gasteiger partial charge in [0.05, 0.1) is 0 Å². The molecule has 1 heterocycles. The second-order valence-electron chi connectivity index (χ2n) is 1.88. The van der Waals surface area contributed by atoms with E-state index >= 15 is 0 Å². The van der Waals surface area contributed by atoms with Crippen molar-refractivity contribution in [1.82, 2.24) is 0 Å². The third-order valence-electron chi connectivity index (χ3n) is 1.08. The predicted molar refractivity (Wildman–Crippen MR) is 40.0 cm³/mol. The first-order chi connectivity index (χ1) is 4.74. The third-order valence-corrected chi connectivity index (χ3v) is 1.27. The van der Waals surface area contributed by atoms with Gasteiger partial charge >= 0.3 is 0 Å². The van der Waals surface area contributed by atoms with Crippen LogP contribution in [0.25, 0.3) is 0 Å². The third kappa shape index (κ3) is 1.30. The van der Waals surface area contributed by atoms with Crippen LogP contribution in [0.3, 0.4) is 0 Å². The minimum Gasteiger partial charge on any atom is -0.458 e. The smallest absolute Gasteiger partial charge is 0.181 e. The van der Waals surface area contributed by atoms with E-state index in [1.807, 2.05) is 6.92 Å². The molecule has 0 bridgehead atoms. The molecule has 0 atom stereocenters. The molecular weight excluding hydrogens is 152 g/mol. The van der Waals surface area contributed by atoms with Crippen molar-refractivity contribution in [3.8, 4) is 0 Å². The lowest BCUT2D eigenvalue weighted by molar-refractivity contribution is 0.525. The molecule has 0 aliphatic rings. The van der Waals surface area contributed by atoms with Crippen molar-refractivity contribution >= 4 is 17.6 Å². The Bertz CT molecular complexity index is 254. The zero-order valence-corrected chi connectivity index (χ0v) is 6.22. The van der Waals surface area contributed by atoms with Gasteiger partial charge < -0.3 is 10.2 Å². The van der Waals surface area contributed by atoms with E-state index in [1.165, 1.54) is 0 Å². The number of aryl methyl sites for hydroxylation is 1. The molecule has 0 amide bonds. The van der Waals surface area contributed by atoms with Crippen molar-refractivity contribution in [2.45, 2.75) is 6.92 Å². The van der Waals surface area contributed by atoms with Crippen molar-refractivity contribution in [2.24, 2.45) is 10.2 Å². The van der Waals surface area contributed by atoms with Gasteiger partial charge in [-0.25, -0.2) is 0 Å². The van der Waals surface area contributed by atoms with E-state index in [1.54, 1.807) is 12.1 Å². The van der Waals surface area contributed by atoms with E-state index in [2.05, 4.69) is 4.51 Å². The Kier molecular flexibility index (Phi) is 1.97. The quantitative estimate of drug-likeness (QED) is 0.497. The Balaban J connectivity index is 2.95. The van der Waals surface area contributed by atoms with Crippen molar-refractivity contribution in [2.75, 3.05) is 0 Å². The minimum atomic E-state index is 0.203. The molecule has 0 saturated carbocycles. The molecule has 0 aliphatic carbocycles. The average Bonchev–Trinajstić information content (AvgIpc) is 2.34. The summed E-state index contributed by atoms with van der Waals surface area (Å²) < 4.78 is 8.34. The molecule has 1 aromatic rings. The average molecular weight is 159 g/mol. The summed E-state index contributed by atoms with van der Waals surface area (Å²) in [4.78, 5) is 0. The molecule has 10 heavy (non-hydrogen) atoms.